The monoisotopic (exact) mass is 297 g/mol. The van der Waals surface area contributed by atoms with Gasteiger partial charge in [0.1, 0.15) is 0 Å². The number of hydrogen-bond donors (Lipinski definition) is 1. The van der Waals surface area contributed by atoms with Gasteiger partial charge in [-0.2, -0.15) is 0 Å². The van der Waals surface area contributed by atoms with Crippen LogP contribution in [0.5, 0.6) is 0 Å². The maximum atomic E-state index is 11.9. The molecule has 0 fully saturated rings. The second-order valence-electron chi connectivity index (χ2n) is 4.60. The van der Waals surface area contributed by atoms with E-state index in [0.717, 1.165) is 18.4 Å². The molecule has 0 atom stereocenters. The van der Waals surface area contributed by atoms with E-state index in [9.17, 15) is 9.59 Å². The van der Waals surface area contributed by atoms with Gasteiger partial charge in [-0.15, -0.1) is 0 Å². The fourth-order valence-electron chi connectivity index (χ4n) is 1.94. The predicted molar refractivity (Wildman–Crippen MR) is 78.9 cm³/mol. The normalized spacial score (nSPS) is 10.3. The van der Waals surface area contributed by atoms with Crippen LogP contribution in [-0.2, 0) is 16.0 Å². The third kappa shape index (κ3) is 6.06. The van der Waals surface area contributed by atoms with Crippen LogP contribution in [0.4, 0.5) is 0 Å². The fraction of sp³-hybridized carbons (Fsp3) is 0.467. The highest BCUT2D eigenvalue weighted by atomic mass is 35.5. The van der Waals surface area contributed by atoms with Crippen LogP contribution in [0.3, 0.4) is 0 Å². The van der Waals surface area contributed by atoms with Gasteiger partial charge >= 0.3 is 5.97 Å². The van der Waals surface area contributed by atoms with E-state index in [1.807, 2.05) is 31.2 Å². The lowest BCUT2D eigenvalue weighted by molar-refractivity contribution is -0.138. The molecule has 5 heteroatoms. The molecule has 1 amide bonds. The molecule has 0 heterocycles. The number of aryl methyl sites for hydroxylation is 1. The van der Waals surface area contributed by atoms with Gasteiger partial charge in [0.25, 0.3) is 0 Å². The van der Waals surface area contributed by atoms with Crippen LogP contribution in [0.25, 0.3) is 0 Å². The summed E-state index contributed by atoms with van der Waals surface area (Å²) in [5.41, 5.74) is 1.15. The minimum atomic E-state index is -0.877. The summed E-state index contributed by atoms with van der Waals surface area (Å²) in [5, 5.41) is 9.34. The zero-order valence-electron chi connectivity index (χ0n) is 11.6. The lowest BCUT2D eigenvalue weighted by Gasteiger charge is -2.19. The van der Waals surface area contributed by atoms with E-state index in [0.29, 0.717) is 18.0 Å². The van der Waals surface area contributed by atoms with E-state index in [1.165, 1.54) is 0 Å². The Bertz CT molecular complexity index is 445. The van der Waals surface area contributed by atoms with Gasteiger partial charge in [-0.25, -0.2) is 0 Å². The molecular formula is C15H20ClNO3. The summed E-state index contributed by atoms with van der Waals surface area (Å²) in [4.78, 5) is 24.1. The van der Waals surface area contributed by atoms with E-state index >= 15 is 0 Å². The number of benzene rings is 1. The first kappa shape index (κ1) is 16.5. The molecule has 0 unspecified atom stereocenters. The third-order valence-electron chi connectivity index (χ3n) is 3.10. The van der Waals surface area contributed by atoms with E-state index < -0.39 is 5.97 Å². The van der Waals surface area contributed by atoms with E-state index in [1.54, 1.807) is 4.90 Å². The molecule has 20 heavy (non-hydrogen) atoms. The smallest absolute Gasteiger partial charge is 0.305 e. The second-order valence-corrected chi connectivity index (χ2v) is 5.03. The zero-order valence-corrected chi connectivity index (χ0v) is 12.4. The van der Waals surface area contributed by atoms with Crippen LogP contribution in [-0.4, -0.2) is 35.0 Å². The first-order valence-corrected chi connectivity index (χ1v) is 7.14. The Morgan fingerprint density at radius 1 is 1.20 bits per heavy atom. The van der Waals surface area contributed by atoms with Crippen molar-refractivity contribution >= 4 is 23.5 Å². The van der Waals surface area contributed by atoms with Crippen molar-refractivity contribution < 1.29 is 14.7 Å². The standard InChI is InChI=1S/C15H20ClNO3/c1-2-17(11-10-15(19)20)14(18)5-3-4-12-6-8-13(16)9-7-12/h6-9H,2-5,10-11H2,1H3,(H,19,20). The van der Waals surface area contributed by atoms with Gasteiger partial charge in [0.05, 0.1) is 6.42 Å². The Kier molecular flexibility index (Phi) is 7.09. The van der Waals surface area contributed by atoms with Gasteiger partial charge in [-0.1, -0.05) is 23.7 Å². The first-order chi connectivity index (χ1) is 9.52. The number of carboxylic acid groups (broad SMARTS) is 1. The molecule has 0 saturated heterocycles. The number of halogens is 1. The van der Waals surface area contributed by atoms with E-state index in [-0.39, 0.29) is 18.9 Å². The van der Waals surface area contributed by atoms with Crippen LogP contribution in [0.2, 0.25) is 5.02 Å². The average Bonchev–Trinajstić information content (AvgIpc) is 2.41. The SMILES string of the molecule is CCN(CCC(=O)O)C(=O)CCCc1ccc(Cl)cc1. The lowest BCUT2D eigenvalue weighted by atomic mass is 10.1. The molecule has 0 radical (unpaired) electrons. The molecule has 4 nitrogen and oxygen atoms in total. The maximum absolute atomic E-state index is 11.9. The molecule has 0 saturated carbocycles. The lowest BCUT2D eigenvalue weighted by Crippen LogP contribution is -2.32. The molecule has 110 valence electrons. The third-order valence-corrected chi connectivity index (χ3v) is 3.35. The summed E-state index contributed by atoms with van der Waals surface area (Å²) < 4.78 is 0. The Hall–Kier alpha value is -1.55. The Morgan fingerprint density at radius 3 is 2.40 bits per heavy atom. The van der Waals surface area contributed by atoms with Crippen LogP contribution >= 0.6 is 11.6 Å². The Labute approximate surface area is 124 Å². The molecule has 0 aromatic heterocycles. The summed E-state index contributed by atoms with van der Waals surface area (Å²) in [7, 11) is 0. The number of aliphatic carboxylic acids is 1. The Balaban J connectivity index is 2.33. The molecule has 0 bridgehead atoms. The molecule has 0 aliphatic rings. The molecule has 0 aliphatic heterocycles. The molecule has 1 aromatic rings. The number of hydrogen-bond acceptors (Lipinski definition) is 2. The van der Waals surface area contributed by atoms with Crippen molar-refractivity contribution in [2.75, 3.05) is 13.1 Å². The van der Waals surface area contributed by atoms with Crippen molar-refractivity contribution in [2.24, 2.45) is 0 Å². The van der Waals surface area contributed by atoms with Crippen molar-refractivity contribution in [1.29, 1.82) is 0 Å². The molecule has 1 aromatic carbocycles. The number of nitrogens with zero attached hydrogens (tertiary/aromatic N) is 1. The van der Waals surface area contributed by atoms with Gasteiger partial charge in [0.15, 0.2) is 0 Å². The summed E-state index contributed by atoms with van der Waals surface area (Å²) >= 11 is 5.81. The second kappa shape index (κ2) is 8.59. The van der Waals surface area contributed by atoms with Crippen molar-refractivity contribution in [2.45, 2.75) is 32.6 Å². The van der Waals surface area contributed by atoms with E-state index in [4.69, 9.17) is 16.7 Å². The predicted octanol–water partition coefficient (Wildman–Crippen LogP) is 2.99. The maximum Gasteiger partial charge on any atom is 0.305 e. The van der Waals surface area contributed by atoms with Crippen molar-refractivity contribution in [1.82, 2.24) is 4.90 Å². The number of carbonyl (C=O) groups excluding carboxylic acids is 1. The van der Waals surface area contributed by atoms with Crippen molar-refractivity contribution in [3.8, 4) is 0 Å². The quantitative estimate of drug-likeness (QED) is 0.802. The summed E-state index contributed by atoms with van der Waals surface area (Å²) in [6.45, 7) is 2.69. The van der Waals surface area contributed by atoms with Gasteiger partial charge in [0, 0.05) is 24.5 Å². The number of amides is 1. The van der Waals surface area contributed by atoms with Crippen molar-refractivity contribution in [3.63, 3.8) is 0 Å². The van der Waals surface area contributed by atoms with Crippen LogP contribution in [0.1, 0.15) is 31.7 Å². The molecule has 0 spiro atoms. The van der Waals surface area contributed by atoms with Crippen LogP contribution in [0.15, 0.2) is 24.3 Å². The molecular weight excluding hydrogens is 278 g/mol. The largest absolute Gasteiger partial charge is 0.481 e. The van der Waals surface area contributed by atoms with Crippen LogP contribution in [0, 0.1) is 0 Å². The highest BCUT2D eigenvalue weighted by molar-refractivity contribution is 6.30. The molecule has 0 aliphatic carbocycles. The first-order valence-electron chi connectivity index (χ1n) is 6.77. The van der Waals surface area contributed by atoms with Crippen molar-refractivity contribution in [3.05, 3.63) is 34.9 Å². The molecule has 1 rings (SSSR count). The van der Waals surface area contributed by atoms with Gasteiger partial charge in [0.2, 0.25) is 5.91 Å². The van der Waals surface area contributed by atoms with Gasteiger partial charge < -0.3 is 10.0 Å². The minimum Gasteiger partial charge on any atom is -0.481 e. The van der Waals surface area contributed by atoms with Gasteiger partial charge in [-0.3, -0.25) is 9.59 Å². The summed E-state index contributed by atoms with van der Waals surface area (Å²) in [5.74, 6) is -0.861. The number of rotatable bonds is 8. The Morgan fingerprint density at radius 2 is 1.85 bits per heavy atom. The average molecular weight is 298 g/mol. The number of carboxylic acids is 1. The summed E-state index contributed by atoms with van der Waals surface area (Å²) in [6, 6.07) is 7.58. The van der Waals surface area contributed by atoms with Gasteiger partial charge in [-0.05, 0) is 37.5 Å². The van der Waals surface area contributed by atoms with Crippen LogP contribution < -0.4 is 0 Å². The highest BCUT2D eigenvalue weighted by Gasteiger charge is 2.12. The topological polar surface area (TPSA) is 57.6 Å². The highest BCUT2D eigenvalue weighted by Crippen LogP contribution is 2.12. The summed E-state index contributed by atoms with van der Waals surface area (Å²) in [6.07, 6.45) is 2.01. The number of carbonyl (C=O) groups is 2. The minimum absolute atomic E-state index is 0.00321. The fourth-order valence-corrected chi connectivity index (χ4v) is 2.07. The zero-order chi connectivity index (χ0) is 15.0. The molecule has 1 N–H and O–H groups in total. The van der Waals surface area contributed by atoms with E-state index in [2.05, 4.69) is 0 Å².